The zero-order valence-corrected chi connectivity index (χ0v) is 13.9. The van der Waals surface area contributed by atoms with Crippen molar-refractivity contribution in [3.63, 3.8) is 0 Å². The van der Waals surface area contributed by atoms with Crippen LogP contribution in [-0.2, 0) is 16.2 Å². The number of nitrogens with one attached hydrogen (secondary N) is 1. The number of aromatic nitrogens is 2. The van der Waals surface area contributed by atoms with Crippen LogP contribution in [0.2, 0.25) is 0 Å². The molecule has 0 aliphatic rings. The van der Waals surface area contributed by atoms with Crippen LogP contribution >= 0.6 is 0 Å². The van der Waals surface area contributed by atoms with Crippen LogP contribution < -0.4 is 9.83 Å². The molecule has 0 aliphatic heterocycles. The van der Waals surface area contributed by atoms with E-state index in [-0.39, 0.29) is 4.35 Å². The molecule has 1 aromatic heterocycles. The largest absolute Gasteiger partial charge is 0.245 e. The van der Waals surface area contributed by atoms with Crippen molar-refractivity contribution < 1.29 is 21.5 Å². The molecule has 1 amide bonds. The van der Waals surface area contributed by atoms with E-state index in [1.165, 1.54) is 25.4 Å². The first-order valence-corrected chi connectivity index (χ1v) is 9.38. The Hall–Kier alpha value is -1.99. The summed E-state index contributed by atoms with van der Waals surface area (Å²) in [6, 6.07) is 9.73. The van der Waals surface area contributed by atoms with Gasteiger partial charge in [-0.1, -0.05) is 0 Å². The van der Waals surface area contributed by atoms with E-state index in [2.05, 4.69) is 17.7 Å². The van der Waals surface area contributed by atoms with Gasteiger partial charge in [0.05, 0.1) is 0 Å². The number of rotatable bonds is 4. The molecule has 118 valence electrons. The number of benzene rings is 1. The van der Waals surface area contributed by atoms with Crippen LogP contribution in [-0.4, -0.2) is 35.3 Å². The number of carbonyl (C=O) groups is 1. The topological polar surface area (TPSA) is 111 Å². The van der Waals surface area contributed by atoms with Gasteiger partial charge in [0.1, 0.15) is 6.33 Å². The zero-order chi connectivity index (χ0) is 16.4. The Morgan fingerprint density at radius 2 is 1.95 bits per heavy atom. The average molecular weight is 369 g/mol. The summed E-state index contributed by atoms with van der Waals surface area (Å²) in [5.74, 6) is -0.537. The first-order valence-electron chi connectivity index (χ1n) is 6.14. The van der Waals surface area contributed by atoms with E-state index >= 15 is 0 Å². The molecule has 0 spiro atoms. The Morgan fingerprint density at radius 1 is 1.27 bits per heavy atom. The minimum atomic E-state index is -4.55. The number of amides is 1. The van der Waals surface area contributed by atoms with E-state index in [1.807, 2.05) is 18.5 Å². The third kappa shape index (κ3) is 6.19. The molecule has 0 fully saturated rings. The van der Waals surface area contributed by atoms with Crippen LogP contribution in [0.1, 0.15) is 12.6 Å². The third-order valence-electron chi connectivity index (χ3n) is 2.22. The SMILES string of the molecule is CC(=O)NO[As](=O)(OO)c1ccccc1.Cc1ccncn1. The molecular formula is C13H16AsN3O5. The summed E-state index contributed by atoms with van der Waals surface area (Å²) in [7, 11) is 0. The van der Waals surface area contributed by atoms with Gasteiger partial charge in [-0.2, -0.15) is 0 Å². The molecule has 0 radical (unpaired) electrons. The van der Waals surface area contributed by atoms with Crippen LogP contribution in [0.25, 0.3) is 0 Å². The fourth-order valence-corrected chi connectivity index (χ4v) is 3.35. The molecule has 1 atom stereocenters. The molecule has 8 nitrogen and oxygen atoms in total. The Balaban J connectivity index is 0.000000287. The van der Waals surface area contributed by atoms with E-state index < -0.39 is 20.1 Å². The van der Waals surface area contributed by atoms with Gasteiger partial charge < -0.3 is 0 Å². The van der Waals surface area contributed by atoms with Crippen molar-refractivity contribution in [1.82, 2.24) is 15.4 Å². The van der Waals surface area contributed by atoms with Gasteiger partial charge in [0.25, 0.3) is 0 Å². The summed E-state index contributed by atoms with van der Waals surface area (Å²) < 4.78 is 20.5. The van der Waals surface area contributed by atoms with Crippen molar-refractivity contribution in [3.05, 3.63) is 54.6 Å². The Morgan fingerprint density at radius 3 is 2.36 bits per heavy atom. The average Bonchev–Trinajstić information content (AvgIpc) is 2.55. The summed E-state index contributed by atoms with van der Waals surface area (Å²) in [4.78, 5) is 18.2. The van der Waals surface area contributed by atoms with Crippen LogP contribution in [0.15, 0.2) is 48.9 Å². The summed E-state index contributed by atoms with van der Waals surface area (Å²) in [6.07, 6.45) is 3.26. The molecule has 0 saturated carbocycles. The van der Waals surface area contributed by atoms with Gasteiger partial charge in [0.2, 0.25) is 0 Å². The zero-order valence-electron chi connectivity index (χ0n) is 12.0. The van der Waals surface area contributed by atoms with E-state index in [0.717, 1.165) is 5.69 Å². The van der Waals surface area contributed by atoms with Gasteiger partial charge in [-0.25, -0.2) is 9.97 Å². The van der Waals surface area contributed by atoms with Gasteiger partial charge >= 0.3 is 88.7 Å². The molecule has 1 unspecified atom stereocenters. The molecule has 0 saturated heterocycles. The quantitative estimate of drug-likeness (QED) is 0.461. The fraction of sp³-hybridized carbons (Fsp3) is 0.154. The third-order valence-corrected chi connectivity index (χ3v) is 5.32. The maximum absolute atomic E-state index is 11.8. The predicted octanol–water partition coefficient (Wildman–Crippen LogP) is 0.605. The van der Waals surface area contributed by atoms with Crippen LogP contribution in [0, 0.1) is 6.92 Å². The fourth-order valence-electron chi connectivity index (χ4n) is 1.21. The first-order chi connectivity index (χ1) is 10.5. The number of hydrogen-bond donors (Lipinski definition) is 2. The second kappa shape index (κ2) is 9.11. The van der Waals surface area contributed by atoms with Crippen molar-refractivity contribution in [2.45, 2.75) is 13.8 Å². The maximum Gasteiger partial charge on any atom is 0.115 e. The summed E-state index contributed by atoms with van der Waals surface area (Å²) >= 11 is -4.55. The van der Waals surface area contributed by atoms with Crippen molar-refractivity contribution in [2.75, 3.05) is 0 Å². The summed E-state index contributed by atoms with van der Waals surface area (Å²) in [6.45, 7) is 3.12. The number of carbonyl (C=O) groups excluding carboxylic acids is 1. The standard InChI is InChI=1S/C8H10AsNO5.C5H6N2/c1-7(11)10-14-9(12,15-13)8-5-3-2-4-6-8;1-5-2-3-6-4-7-5/h2-6,13H,1H3,(H,10,11);2-4H,1H3. The summed E-state index contributed by atoms with van der Waals surface area (Å²) in [5.41, 5.74) is 2.88. The second-order valence-electron chi connectivity index (χ2n) is 4.01. The van der Waals surface area contributed by atoms with E-state index in [4.69, 9.17) is 5.26 Å². The van der Waals surface area contributed by atoms with Gasteiger partial charge in [0, 0.05) is 11.9 Å². The second-order valence-corrected chi connectivity index (χ2v) is 7.91. The number of hydroxylamine groups is 1. The molecule has 0 aliphatic carbocycles. The monoisotopic (exact) mass is 369 g/mol. The first kappa shape index (κ1) is 18.1. The number of aryl methyl sites for hydroxylation is 1. The smallest absolute Gasteiger partial charge is 0.115 e. The van der Waals surface area contributed by atoms with E-state index in [0.29, 0.717) is 0 Å². The van der Waals surface area contributed by atoms with Gasteiger partial charge in [-0.15, -0.1) is 0 Å². The van der Waals surface area contributed by atoms with Crippen molar-refractivity contribution >= 4 is 24.4 Å². The van der Waals surface area contributed by atoms with Crippen LogP contribution in [0.3, 0.4) is 0 Å². The molecule has 9 heteroatoms. The Kier molecular flexibility index (Phi) is 7.48. The van der Waals surface area contributed by atoms with Crippen molar-refractivity contribution in [1.29, 1.82) is 0 Å². The molecule has 0 bridgehead atoms. The molecule has 1 heterocycles. The Bertz CT molecular complexity index is 624. The van der Waals surface area contributed by atoms with Crippen LogP contribution in [0.5, 0.6) is 0 Å². The van der Waals surface area contributed by atoms with E-state index in [1.54, 1.807) is 24.4 Å². The molecule has 22 heavy (non-hydrogen) atoms. The van der Waals surface area contributed by atoms with Crippen molar-refractivity contribution in [2.24, 2.45) is 0 Å². The molecule has 1 aromatic carbocycles. The molecule has 2 N–H and O–H groups in total. The Labute approximate surface area is 130 Å². The van der Waals surface area contributed by atoms with Gasteiger partial charge in [-0.05, 0) is 13.0 Å². The molecule has 2 aromatic rings. The van der Waals surface area contributed by atoms with Crippen molar-refractivity contribution in [3.8, 4) is 0 Å². The van der Waals surface area contributed by atoms with E-state index in [9.17, 15) is 8.53 Å². The normalized spacial score (nSPS) is 12.5. The maximum atomic E-state index is 11.8. The van der Waals surface area contributed by atoms with Gasteiger partial charge in [0.15, 0.2) is 0 Å². The summed E-state index contributed by atoms with van der Waals surface area (Å²) in [5, 5.41) is 8.54. The number of hydrogen-bond acceptors (Lipinski definition) is 7. The number of nitrogens with zero attached hydrogens (tertiary/aromatic N) is 2. The predicted molar refractivity (Wildman–Crippen MR) is 77.9 cm³/mol. The van der Waals surface area contributed by atoms with Crippen LogP contribution in [0.4, 0.5) is 0 Å². The molecular weight excluding hydrogens is 353 g/mol. The minimum absolute atomic E-state index is 0.201. The minimum Gasteiger partial charge on any atom is -0.245 e. The van der Waals surface area contributed by atoms with Gasteiger partial charge in [-0.3, -0.25) is 0 Å². The molecule has 2 rings (SSSR count).